The summed E-state index contributed by atoms with van der Waals surface area (Å²) in [5.74, 6) is -4.60. The van der Waals surface area contributed by atoms with E-state index in [9.17, 15) is 18.0 Å². The summed E-state index contributed by atoms with van der Waals surface area (Å²) in [6.45, 7) is 2.49. The van der Waals surface area contributed by atoms with Crippen molar-refractivity contribution < 1.29 is 28.2 Å². The van der Waals surface area contributed by atoms with Crippen molar-refractivity contribution in [2.45, 2.75) is 24.4 Å². The van der Waals surface area contributed by atoms with Crippen LogP contribution in [0.15, 0.2) is 5.03 Å². The smallest absolute Gasteiger partial charge is 0.331 e. The van der Waals surface area contributed by atoms with E-state index < -0.39 is 43.9 Å². The van der Waals surface area contributed by atoms with E-state index in [1.807, 2.05) is 0 Å². The van der Waals surface area contributed by atoms with Crippen molar-refractivity contribution >= 4 is 27.6 Å². The highest BCUT2D eigenvalue weighted by atomic mass is 32.2. The quantitative estimate of drug-likeness (QED) is 0.587. The Morgan fingerprint density at radius 1 is 1.37 bits per heavy atom. The number of aromatic nitrogens is 3. The second-order valence-corrected chi connectivity index (χ2v) is 6.11. The summed E-state index contributed by atoms with van der Waals surface area (Å²) in [5.41, 5.74) is 3.87. The van der Waals surface area contributed by atoms with Gasteiger partial charge in [-0.15, -0.1) is 5.10 Å². The minimum atomic E-state index is -4.27. The van der Waals surface area contributed by atoms with Crippen molar-refractivity contribution in [3.63, 3.8) is 0 Å². The van der Waals surface area contributed by atoms with Gasteiger partial charge in [0.2, 0.25) is 14.9 Å². The van der Waals surface area contributed by atoms with E-state index >= 15 is 0 Å². The third-order valence-electron chi connectivity index (χ3n) is 2.33. The summed E-state index contributed by atoms with van der Waals surface area (Å²) in [7, 11) is -4.27. The molecule has 1 heterocycles. The minimum absolute atomic E-state index is 0.520. The Labute approximate surface area is 107 Å². The molecule has 0 aliphatic carbocycles. The van der Waals surface area contributed by atoms with Crippen LogP contribution in [0, 0.1) is 0 Å². The van der Waals surface area contributed by atoms with Gasteiger partial charge in [-0.25, -0.2) is 17.9 Å². The summed E-state index contributed by atoms with van der Waals surface area (Å²) in [5, 5.41) is 23.4. The Morgan fingerprint density at radius 2 is 1.89 bits per heavy atom. The highest BCUT2D eigenvalue weighted by Gasteiger charge is 2.36. The van der Waals surface area contributed by atoms with Crippen molar-refractivity contribution in [3.05, 3.63) is 0 Å². The number of carboxylic acid groups (broad SMARTS) is 2. The lowest BCUT2D eigenvalue weighted by atomic mass is 10.1. The van der Waals surface area contributed by atoms with E-state index in [4.69, 9.17) is 15.9 Å². The molecule has 0 atom stereocenters. The van der Waals surface area contributed by atoms with Gasteiger partial charge in [0.25, 0.3) is 0 Å². The maximum absolute atomic E-state index is 11.6. The predicted molar refractivity (Wildman–Crippen MR) is 61.1 cm³/mol. The summed E-state index contributed by atoms with van der Waals surface area (Å²) >= 11 is 0. The molecule has 1 aromatic rings. The fourth-order valence-corrected chi connectivity index (χ4v) is 2.26. The third-order valence-corrected chi connectivity index (χ3v) is 3.84. The molecule has 10 nitrogen and oxygen atoms in total. The molecule has 0 saturated carbocycles. The van der Waals surface area contributed by atoms with Crippen molar-refractivity contribution in [1.82, 2.24) is 15.0 Å². The molecule has 0 bridgehead atoms. The molecule has 106 valence electrons. The number of carboxylic acids is 2. The number of carbonyl (C=O) groups is 2. The molecule has 0 unspecified atom stereocenters. The van der Waals surface area contributed by atoms with E-state index in [1.165, 1.54) is 13.8 Å². The zero-order valence-electron chi connectivity index (χ0n) is 10.1. The summed E-state index contributed by atoms with van der Waals surface area (Å²) in [4.78, 5) is 21.5. The molecule has 0 aliphatic heterocycles. The molecule has 11 heteroatoms. The largest absolute Gasteiger partial charge is 0.480 e. The number of sulfone groups is 1. The van der Waals surface area contributed by atoms with Crippen LogP contribution in [0.5, 0.6) is 0 Å². The lowest BCUT2D eigenvalue weighted by Gasteiger charge is -2.19. The van der Waals surface area contributed by atoms with Crippen LogP contribution in [0.2, 0.25) is 0 Å². The topological polar surface area (TPSA) is 165 Å². The first-order valence-corrected chi connectivity index (χ1v) is 6.55. The van der Waals surface area contributed by atoms with Crippen molar-refractivity contribution in [3.8, 4) is 0 Å². The van der Waals surface area contributed by atoms with Gasteiger partial charge in [-0.05, 0) is 13.8 Å². The molecule has 0 radical (unpaired) electrons. The Kier molecular flexibility index (Phi) is 3.52. The third kappa shape index (κ3) is 2.65. The van der Waals surface area contributed by atoms with Gasteiger partial charge in [-0.2, -0.15) is 0 Å². The predicted octanol–water partition coefficient (Wildman–Crippen LogP) is -1.46. The van der Waals surface area contributed by atoms with Crippen LogP contribution in [-0.2, 0) is 25.0 Å². The van der Waals surface area contributed by atoms with E-state index in [0.717, 1.165) is 0 Å². The monoisotopic (exact) mass is 292 g/mol. The number of hydrogen-bond acceptors (Lipinski definition) is 7. The maximum Gasteiger partial charge on any atom is 0.331 e. The van der Waals surface area contributed by atoms with Gasteiger partial charge in [0, 0.05) is 0 Å². The second-order valence-electron chi connectivity index (χ2n) is 4.21. The van der Waals surface area contributed by atoms with Gasteiger partial charge >= 0.3 is 11.9 Å². The number of nitrogens with zero attached hydrogens (tertiary/aromatic N) is 3. The minimum Gasteiger partial charge on any atom is -0.480 e. The van der Waals surface area contributed by atoms with Crippen molar-refractivity contribution in [2.75, 3.05) is 11.5 Å². The van der Waals surface area contributed by atoms with Crippen LogP contribution in [0.4, 0.5) is 5.82 Å². The number of anilines is 1. The van der Waals surface area contributed by atoms with Crippen LogP contribution in [-0.4, -0.2) is 51.3 Å². The Morgan fingerprint density at radius 3 is 2.32 bits per heavy atom. The van der Waals surface area contributed by atoms with Crippen LogP contribution in [0.1, 0.15) is 13.8 Å². The van der Waals surface area contributed by atoms with Gasteiger partial charge in [-0.1, -0.05) is 5.21 Å². The van der Waals surface area contributed by atoms with Crippen LogP contribution >= 0.6 is 0 Å². The Bertz CT molecular complexity index is 632. The normalized spacial score (nSPS) is 12.3. The Hall–Kier alpha value is -2.17. The molecule has 0 aliphatic rings. The molecule has 0 saturated heterocycles. The fraction of sp³-hybridized carbons (Fsp3) is 0.500. The van der Waals surface area contributed by atoms with Gasteiger partial charge in [-0.3, -0.25) is 4.79 Å². The lowest BCUT2D eigenvalue weighted by molar-refractivity contribution is -0.146. The average Bonchev–Trinajstić information content (AvgIpc) is 2.58. The highest BCUT2D eigenvalue weighted by molar-refractivity contribution is 7.92. The molecule has 0 aromatic carbocycles. The number of aliphatic carboxylic acids is 2. The molecular formula is C8H12N4O6S. The first-order valence-electron chi connectivity index (χ1n) is 4.89. The molecule has 19 heavy (non-hydrogen) atoms. The van der Waals surface area contributed by atoms with E-state index in [-0.39, 0.29) is 0 Å². The number of nitrogen functional groups attached to an aromatic ring is 1. The molecule has 1 rings (SSSR count). The SMILES string of the molecule is CC(C)(C(=O)O)n1nnc(S(=O)(=O)CC(=O)O)c1N. The highest BCUT2D eigenvalue weighted by Crippen LogP contribution is 2.23. The van der Waals surface area contributed by atoms with E-state index in [1.54, 1.807) is 0 Å². The zero-order chi connectivity index (χ0) is 15.0. The lowest BCUT2D eigenvalue weighted by Crippen LogP contribution is -2.37. The first kappa shape index (κ1) is 14.9. The van der Waals surface area contributed by atoms with Crippen LogP contribution < -0.4 is 5.73 Å². The molecule has 0 spiro atoms. The molecule has 1 aromatic heterocycles. The summed E-state index contributed by atoms with van der Waals surface area (Å²) in [6.07, 6.45) is 0. The molecule has 4 N–H and O–H groups in total. The summed E-state index contributed by atoms with van der Waals surface area (Å²) in [6, 6.07) is 0. The number of nitrogens with two attached hydrogens (primary N) is 1. The van der Waals surface area contributed by atoms with Gasteiger partial charge in [0.05, 0.1) is 0 Å². The second kappa shape index (κ2) is 4.50. The first-order chi connectivity index (χ1) is 8.50. The fourth-order valence-electron chi connectivity index (χ4n) is 1.23. The number of hydrogen-bond donors (Lipinski definition) is 3. The van der Waals surface area contributed by atoms with Crippen LogP contribution in [0.3, 0.4) is 0 Å². The average molecular weight is 292 g/mol. The molecule has 0 fully saturated rings. The maximum atomic E-state index is 11.6. The number of rotatable bonds is 5. The van der Waals surface area contributed by atoms with Crippen LogP contribution in [0.25, 0.3) is 0 Å². The molecular weight excluding hydrogens is 280 g/mol. The van der Waals surface area contributed by atoms with Gasteiger partial charge in [0.15, 0.2) is 17.1 Å². The molecule has 0 amide bonds. The van der Waals surface area contributed by atoms with E-state index in [2.05, 4.69) is 10.3 Å². The van der Waals surface area contributed by atoms with Crippen molar-refractivity contribution in [1.29, 1.82) is 0 Å². The standard InChI is InChI=1S/C8H12N4O6S/c1-8(2,7(15)16)12-5(9)6(10-11-12)19(17,18)3-4(13)14/h3,9H2,1-2H3,(H,13,14)(H,15,16). The Balaban J connectivity index is 3.35. The van der Waals surface area contributed by atoms with E-state index in [0.29, 0.717) is 4.68 Å². The zero-order valence-corrected chi connectivity index (χ0v) is 10.9. The van der Waals surface area contributed by atoms with Gasteiger partial charge < -0.3 is 15.9 Å². The van der Waals surface area contributed by atoms with Crippen molar-refractivity contribution in [2.24, 2.45) is 0 Å². The van der Waals surface area contributed by atoms with Gasteiger partial charge in [0.1, 0.15) is 0 Å². The summed E-state index contributed by atoms with van der Waals surface area (Å²) < 4.78 is 24.0.